The third-order valence-electron chi connectivity index (χ3n) is 6.40. The second-order valence-corrected chi connectivity index (χ2v) is 9.18. The molecule has 1 heterocycles. The van der Waals surface area contributed by atoms with Crippen molar-refractivity contribution in [3.63, 3.8) is 0 Å². The standard InChI is InChI=1S/C29H24F5NO5/c1-16(27(36)38-2)15-39-28(37)21-14-24(25-22(30)4-3-5-23(25)31)35-26(21)19-8-6-17(7-9-19)18-10-12-20(13-11-18)40-29(32,33)34/h3-13,16,21,26H,14-15H2,1-2H3/t16-,21?,26-/m0/s1. The Balaban J connectivity index is 1.60. The SMILES string of the molecule is COC(=O)[C@@H](C)COC(=O)C1CC(c2c(F)cccc2F)=N[C@H]1c1ccc(-c2ccc(OC(F)(F)F)cc2)cc1. The summed E-state index contributed by atoms with van der Waals surface area (Å²) < 4.78 is 80.3. The van der Waals surface area contributed by atoms with Crippen molar-refractivity contribution >= 4 is 17.7 Å². The first kappa shape index (κ1) is 28.7. The van der Waals surface area contributed by atoms with Crippen molar-refractivity contribution < 1.29 is 45.8 Å². The lowest BCUT2D eigenvalue weighted by Crippen LogP contribution is -2.26. The predicted octanol–water partition coefficient (Wildman–Crippen LogP) is 6.43. The van der Waals surface area contributed by atoms with E-state index >= 15 is 0 Å². The highest BCUT2D eigenvalue weighted by molar-refractivity contribution is 6.04. The summed E-state index contributed by atoms with van der Waals surface area (Å²) in [7, 11) is 1.21. The molecule has 0 amide bonds. The normalized spacial score (nSPS) is 17.6. The van der Waals surface area contributed by atoms with Crippen LogP contribution in [0, 0.1) is 23.5 Å². The fraction of sp³-hybridized carbons (Fsp3) is 0.276. The molecule has 1 aliphatic rings. The van der Waals surface area contributed by atoms with Gasteiger partial charge in [-0.2, -0.15) is 0 Å². The number of alkyl halides is 3. The van der Waals surface area contributed by atoms with E-state index in [0.717, 1.165) is 12.1 Å². The molecule has 0 fully saturated rings. The Bertz CT molecular complexity index is 1380. The molecular weight excluding hydrogens is 537 g/mol. The van der Waals surface area contributed by atoms with Crippen LogP contribution in [0.5, 0.6) is 5.75 Å². The molecule has 210 valence electrons. The smallest absolute Gasteiger partial charge is 0.469 e. The average Bonchev–Trinajstić information content (AvgIpc) is 3.35. The molecule has 0 aromatic heterocycles. The molecule has 3 atom stereocenters. The topological polar surface area (TPSA) is 74.2 Å². The molecule has 0 aliphatic carbocycles. The fourth-order valence-corrected chi connectivity index (χ4v) is 4.39. The van der Waals surface area contributed by atoms with E-state index in [0.29, 0.717) is 16.7 Å². The maximum Gasteiger partial charge on any atom is 0.573 e. The highest BCUT2D eigenvalue weighted by Crippen LogP contribution is 2.39. The third-order valence-corrected chi connectivity index (χ3v) is 6.40. The maximum absolute atomic E-state index is 14.5. The molecule has 3 aromatic rings. The van der Waals surface area contributed by atoms with Gasteiger partial charge in [0.25, 0.3) is 0 Å². The molecule has 40 heavy (non-hydrogen) atoms. The highest BCUT2D eigenvalue weighted by atomic mass is 19.4. The van der Waals surface area contributed by atoms with Crippen molar-refractivity contribution in [1.82, 2.24) is 0 Å². The maximum atomic E-state index is 14.5. The van der Waals surface area contributed by atoms with Gasteiger partial charge in [0, 0.05) is 12.1 Å². The summed E-state index contributed by atoms with van der Waals surface area (Å²) >= 11 is 0. The van der Waals surface area contributed by atoms with Crippen molar-refractivity contribution in [3.8, 4) is 16.9 Å². The molecule has 0 saturated heterocycles. The number of carbonyl (C=O) groups is 2. The van der Waals surface area contributed by atoms with Gasteiger partial charge in [-0.25, -0.2) is 8.78 Å². The molecule has 1 unspecified atom stereocenters. The van der Waals surface area contributed by atoms with E-state index in [1.54, 1.807) is 24.3 Å². The van der Waals surface area contributed by atoms with Crippen molar-refractivity contribution in [2.45, 2.75) is 25.7 Å². The number of hydrogen-bond donors (Lipinski definition) is 0. The molecule has 0 bridgehead atoms. The van der Waals surface area contributed by atoms with Crippen molar-refractivity contribution in [2.24, 2.45) is 16.8 Å². The highest BCUT2D eigenvalue weighted by Gasteiger charge is 2.39. The third kappa shape index (κ3) is 6.64. The number of nitrogens with zero attached hydrogens (tertiary/aromatic N) is 1. The van der Waals surface area contributed by atoms with Gasteiger partial charge in [-0.15, -0.1) is 13.2 Å². The molecule has 1 aliphatic heterocycles. The van der Waals surface area contributed by atoms with Crippen LogP contribution < -0.4 is 4.74 Å². The average molecular weight is 562 g/mol. The number of hydrogen-bond acceptors (Lipinski definition) is 6. The number of halogens is 5. The number of ether oxygens (including phenoxy) is 3. The second kappa shape index (κ2) is 11.8. The number of aliphatic imine (C=N–C) groups is 1. The Kier molecular flexibility index (Phi) is 8.51. The van der Waals surface area contributed by atoms with Gasteiger partial charge in [-0.1, -0.05) is 42.5 Å². The summed E-state index contributed by atoms with van der Waals surface area (Å²) in [4.78, 5) is 29.3. The minimum absolute atomic E-state index is 0.0629. The van der Waals surface area contributed by atoms with E-state index in [-0.39, 0.29) is 30.1 Å². The quantitative estimate of drug-likeness (QED) is 0.234. The number of carbonyl (C=O) groups excluding carboxylic acids is 2. The van der Waals surface area contributed by atoms with Crippen molar-refractivity contribution in [1.29, 1.82) is 0 Å². The molecule has 11 heteroatoms. The van der Waals surface area contributed by atoms with Gasteiger partial charge in [-0.05, 0) is 47.9 Å². The van der Waals surface area contributed by atoms with Gasteiger partial charge in [0.2, 0.25) is 0 Å². The van der Waals surface area contributed by atoms with E-state index in [4.69, 9.17) is 4.74 Å². The summed E-state index contributed by atoms with van der Waals surface area (Å²) in [5.41, 5.74) is 1.56. The minimum atomic E-state index is -4.80. The number of methoxy groups -OCH3 is 1. The summed E-state index contributed by atoms with van der Waals surface area (Å²) in [6, 6.07) is 14.6. The lowest BCUT2D eigenvalue weighted by Gasteiger charge is -2.19. The molecular formula is C29H24F5NO5. The Morgan fingerprint density at radius 3 is 2.08 bits per heavy atom. The van der Waals surface area contributed by atoms with Gasteiger partial charge in [0.05, 0.1) is 30.6 Å². The molecule has 0 N–H and O–H groups in total. The molecule has 0 saturated carbocycles. The molecule has 3 aromatic carbocycles. The number of rotatable bonds is 8. The van der Waals surface area contributed by atoms with Gasteiger partial charge in [0.15, 0.2) is 0 Å². The zero-order chi connectivity index (χ0) is 29.0. The molecule has 6 nitrogen and oxygen atoms in total. The van der Waals surface area contributed by atoms with Crippen LogP contribution in [0.3, 0.4) is 0 Å². The largest absolute Gasteiger partial charge is 0.573 e. The van der Waals surface area contributed by atoms with E-state index in [1.807, 2.05) is 0 Å². The first-order valence-electron chi connectivity index (χ1n) is 12.2. The monoisotopic (exact) mass is 561 g/mol. The van der Waals surface area contributed by atoms with Gasteiger partial charge >= 0.3 is 18.3 Å². The minimum Gasteiger partial charge on any atom is -0.469 e. The van der Waals surface area contributed by atoms with Crippen LogP contribution in [0.15, 0.2) is 71.7 Å². The Morgan fingerprint density at radius 1 is 0.950 bits per heavy atom. The number of benzene rings is 3. The zero-order valence-corrected chi connectivity index (χ0v) is 21.4. The summed E-state index contributed by atoms with van der Waals surface area (Å²) in [6.07, 6.45) is -4.90. The van der Waals surface area contributed by atoms with Gasteiger partial charge in [-0.3, -0.25) is 14.6 Å². The van der Waals surface area contributed by atoms with Crippen LogP contribution >= 0.6 is 0 Å². The lowest BCUT2D eigenvalue weighted by atomic mass is 9.90. The summed E-state index contributed by atoms with van der Waals surface area (Å²) in [5, 5.41) is 0. The Hall–Kier alpha value is -4.28. The fourth-order valence-electron chi connectivity index (χ4n) is 4.39. The molecule has 0 radical (unpaired) electrons. The first-order valence-corrected chi connectivity index (χ1v) is 12.2. The van der Waals surface area contributed by atoms with Crippen LogP contribution in [0.25, 0.3) is 11.1 Å². The van der Waals surface area contributed by atoms with Gasteiger partial charge in [0.1, 0.15) is 24.0 Å². The van der Waals surface area contributed by atoms with Crippen molar-refractivity contribution in [3.05, 3.63) is 89.5 Å². The van der Waals surface area contributed by atoms with Gasteiger partial charge < -0.3 is 14.2 Å². The number of esters is 2. The van der Waals surface area contributed by atoms with Crippen molar-refractivity contribution in [2.75, 3.05) is 13.7 Å². The second-order valence-electron chi connectivity index (χ2n) is 9.18. The van der Waals surface area contributed by atoms with E-state index < -0.39 is 47.8 Å². The summed E-state index contributed by atoms with van der Waals surface area (Å²) in [5.74, 6) is -4.90. The van der Waals surface area contributed by atoms with Crippen LogP contribution in [-0.4, -0.2) is 37.7 Å². The van der Waals surface area contributed by atoms with Crippen LogP contribution in [0.2, 0.25) is 0 Å². The van der Waals surface area contributed by atoms with Crippen LogP contribution in [0.1, 0.15) is 30.5 Å². The van der Waals surface area contributed by atoms with E-state index in [1.165, 1.54) is 44.4 Å². The lowest BCUT2D eigenvalue weighted by molar-refractivity contribution is -0.274. The Labute approximate surface area is 226 Å². The zero-order valence-electron chi connectivity index (χ0n) is 21.4. The predicted molar refractivity (Wildman–Crippen MR) is 134 cm³/mol. The van der Waals surface area contributed by atoms with Crippen LogP contribution in [0.4, 0.5) is 22.0 Å². The molecule has 0 spiro atoms. The first-order chi connectivity index (χ1) is 19.0. The van der Waals surface area contributed by atoms with Crippen LogP contribution in [-0.2, 0) is 19.1 Å². The Morgan fingerprint density at radius 2 is 1.52 bits per heavy atom. The van der Waals surface area contributed by atoms with E-state index in [9.17, 15) is 31.5 Å². The molecule has 4 rings (SSSR count). The summed E-state index contributed by atoms with van der Waals surface area (Å²) in [6.45, 7) is 1.29. The van der Waals surface area contributed by atoms with E-state index in [2.05, 4.69) is 14.5 Å².